The fourth-order valence-electron chi connectivity index (χ4n) is 3.50. The van der Waals surface area contributed by atoms with E-state index in [0.29, 0.717) is 11.8 Å². The Kier molecular flexibility index (Phi) is 8.02. The molecule has 194 valence electrons. The van der Waals surface area contributed by atoms with Gasteiger partial charge in [0.05, 0.1) is 28.6 Å². The second-order valence-corrected chi connectivity index (χ2v) is 8.91. The number of imide groups is 1. The number of nitrogens with zero attached hydrogens (tertiary/aromatic N) is 2. The Hall–Kier alpha value is -4.71. The van der Waals surface area contributed by atoms with Crippen LogP contribution < -0.4 is 14.8 Å². The number of carbonyl (C=O) groups excluding carboxylic acids is 3. The maximum Gasteiger partial charge on any atom is 0.294 e. The lowest BCUT2D eigenvalue weighted by Gasteiger charge is -2.13. The van der Waals surface area contributed by atoms with Crippen LogP contribution in [-0.2, 0) is 16.2 Å². The fourth-order valence-corrected chi connectivity index (χ4v) is 4.33. The number of amides is 3. The molecule has 0 unspecified atom stereocenters. The minimum Gasteiger partial charge on any atom is -0.493 e. The fraction of sp³-hybridized carbons (Fsp3) is 0.115. The Morgan fingerprint density at radius 2 is 1.82 bits per heavy atom. The van der Waals surface area contributed by atoms with Crippen molar-refractivity contribution in [2.45, 2.75) is 6.61 Å². The standard InChI is InChI=1S/C26H20FN3O7S/c1-36-21-11-17(20(30(34)35)13-22(21)37-15-16-5-3-2-4-6-16)12-23-25(32)29(26(33)38-23)14-24(31)28-19-9-7-18(27)8-10-19/h2-13H,14-15H2,1H3,(H,28,31)/b23-12+. The molecule has 1 aliphatic heterocycles. The molecule has 1 heterocycles. The highest BCUT2D eigenvalue weighted by atomic mass is 32.2. The Morgan fingerprint density at radius 3 is 2.47 bits per heavy atom. The van der Waals surface area contributed by atoms with E-state index in [9.17, 15) is 28.9 Å². The average molecular weight is 538 g/mol. The molecule has 0 radical (unpaired) electrons. The summed E-state index contributed by atoms with van der Waals surface area (Å²) in [5.41, 5.74) is 0.782. The van der Waals surface area contributed by atoms with Gasteiger partial charge in [-0.15, -0.1) is 0 Å². The first-order valence-corrected chi connectivity index (χ1v) is 11.9. The van der Waals surface area contributed by atoms with E-state index in [1.54, 1.807) is 0 Å². The third kappa shape index (κ3) is 6.16. The number of ether oxygens (including phenoxy) is 2. The normalized spacial score (nSPS) is 14.1. The Bertz CT molecular complexity index is 1430. The van der Waals surface area contributed by atoms with E-state index < -0.39 is 34.3 Å². The quantitative estimate of drug-likeness (QED) is 0.230. The summed E-state index contributed by atoms with van der Waals surface area (Å²) in [5, 5.41) is 13.6. The Labute approximate surface area is 220 Å². The van der Waals surface area contributed by atoms with Gasteiger partial charge in [0.25, 0.3) is 16.8 Å². The van der Waals surface area contributed by atoms with Crippen molar-refractivity contribution < 1.29 is 33.2 Å². The van der Waals surface area contributed by atoms with E-state index in [-0.39, 0.29) is 39.9 Å². The van der Waals surface area contributed by atoms with Crippen molar-refractivity contribution in [3.63, 3.8) is 0 Å². The molecule has 0 spiro atoms. The van der Waals surface area contributed by atoms with Gasteiger partial charge in [0.2, 0.25) is 5.91 Å². The first-order valence-electron chi connectivity index (χ1n) is 11.1. The molecule has 0 aromatic heterocycles. The molecule has 1 fully saturated rings. The Morgan fingerprint density at radius 1 is 1.11 bits per heavy atom. The number of halogens is 1. The molecule has 0 aliphatic carbocycles. The molecule has 3 aromatic carbocycles. The third-order valence-electron chi connectivity index (χ3n) is 5.34. The molecule has 38 heavy (non-hydrogen) atoms. The lowest BCUT2D eigenvalue weighted by atomic mass is 10.1. The van der Waals surface area contributed by atoms with Gasteiger partial charge in [-0.1, -0.05) is 30.3 Å². The predicted octanol–water partition coefficient (Wildman–Crippen LogP) is 5.00. The van der Waals surface area contributed by atoms with Crippen LogP contribution in [0.25, 0.3) is 6.08 Å². The summed E-state index contributed by atoms with van der Waals surface area (Å²) < 4.78 is 24.1. The number of carbonyl (C=O) groups is 3. The maximum atomic E-state index is 13.1. The number of benzene rings is 3. The van der Waals surface area contributed by atoms with Crippen LogP contribution in [0.3, 0.4) is 0 Å². The summed E-state index contributed by atoms with van der Waals surface area (Å²) in [6, 6.07) is 16.7. The summed E-state index contributed by atoms with van der Waals surface area (Å²) in [7, 11) is 1.37. The zero-order valence-corrected chi connectivity index (χ0v) is 20.7. The summed E-state index contributed by atoms with van der Waals surface area (Å²) in [6.07, 6.45) is 1.20. The van der Waals surface area contributed by atoms with E-state index in [1.165, 1.54) is 37.5 Å². The predicted molar refractivity (Wildman–Crippen MR) is 138 cm³/mol. The molecule has 4 rings (SSSR count). The van der Waals surface area contributed by atoms with Gasteiger partial charge in [0.15, 0.2) is 11.5 Å². The van der Waals surface area contributed by atoms with Crippen LogP contribution in [0.2, 0.25) is 0 Å². The van der Waals surface area contributed by atoms with Gasteiger partial charge in [-0.05, 0) is 53.7 Å². The molecular formula is C26H20FN3O7S. The van der Waals surface area contributed by atoms with Crippen LogP contribution in [0.1, 0.15) is 11.1 Å². The van der Waals surface area contributed by atoms with Crippen molar-refractivity contribution in [1.29, 1.82) is 0 Å². The minimum absolute atomic E-state index is 0.0141. The topological polar surface area (TPSA) is 128 Å². The monoisotopic (exact) mass is 537 g/mol. The number of anilines is 1. The lowest BCUT2D eigenvalue weighted by molar-refractivity contribution is -0.385. The highest BCUT2D eigenvalue weighted by Gasteiger charge is 2.37. The smallest absolute Gasteiger partial charge is 0.294 e. The molecule has 3 amide bonds. The number of hydrogen-bond donors (Lipinski definition) is 1. The summed E-state index contributed by atoms with van der Waals surface area (Å²) >= 11 is 0.547. The van der Waals surface area contributed by atoms with Crippen LogP contribution >= 0.6 is 11.8 Å². The van der Waals surface area contributed by atoms with Crippen molar-refractivity contribution in [3.05, 3.63) is 98.7 Å². The number of hydrogen-bond acceptors (Lipinski definition) is 8. The molecule has 0 saturated carbocycles. The highest BCUT2D eigenvalue weighted by Crippen LogP contribution is 2.39. The summed E-state index contributed by atoms with van der Waals surface area (Å²) in [6.45, 7) is -0.441. The molecular weight excluding hydrogens is 517 g/mol. The maximum absolute atomic E-state index is 13.1. The molecule has 0 atom stereocenters. The van der Waals surface area contributed by atoms with Crippen LogP contribution in [0, 0.1) is 15.9 Å². The number of rotatable bonds is 9. The Balaban J connectivity index is 1.54. The van der Waals surface area contributed by atoms with Crippen LogP contribution in [0.15, 0.2) is 71.6 Å². The first-order chi connectivity index (χ1) is 18.2. The molecule has 10 nitrogen and oxygen atoms in total. The van der Waals surface area contributed by atoms with Gasteiger partial charge in [-0.2, -0.15) is 0 Å². The van der Waals surface area contributed by atoms with E-state index in [2.05, 4.69) is 5.32 Å². The van der Waals surface area contributed by atoms with Crippen LogP contribution in [0.4, 0.5) is 20.6 Å². The van der Waals surface area contributed by atoms with Gasteiger partial charge in [-0.3, -0.25) is 29.4 Å². The van der Waals surface area contributed by atoms with Crippen molar-refractivity contribution >= 4 is 46.3 Å². The number of methoxy groups -OCH3 is 1. The van der Waals surface area contributed by atoms with Gasteiger partial charge in [0, 0.05) is 5.69 Å². The zero-order chi connectivity index (χ0) is 27.2. The molecule has 1 N–H and O–H groups in total. The number of thioether (sulfide) groups is 1. The lowest BCUT2D eigenvalue weighted by Crippen LogP contribution is -2.36. The number of nitrogens with one attached hydrogen (secondary N) is 1. The van der Waals surface area contributed by atoms with E-state index >= 15 is 0 Å². The van der Waals surface area contributed by atoms with Crippen molar-refractivity contribution in [2.75, 3.05) is 19.0 Å². The first kappa shape index (κ1) is 26.4. The van der Waals surface area contributed by atoms with Gasteiger partial charge < -0.3 is 14.8 Å². The van der Waals surface area contributed by atoms with Crippen LogP contribution in [-0.4, -0.2) is 40.5 Å². The zero-order valence-electron chi connectivity index (χ0n) is 19.9. The van der Waals surface area contributed by atoms with E-state index in [1.807, 2.05) is 30.3 Å². The van der Waals surface area contributed by atoms with Gasteiger partial charge >= 0.3 is 0 Å². The number of nitro benzene ring substituents is 1. The van der Waals surface area contributed by atoms with Crippen LogP contribution in [0.5, 0.6) is 11.5 Å². The second-order valence-electron chi connectivity index (χ2n) is 7.92. The van der Waals surface area contributed by atoms with E-state index in [4.69, 9.17) is 9.47 Å². The number of nitro groups is 1. The van der Waals surface area contributed by atoms with Crippen molar-refractivity contribution in [1.82, 2.24) is 4.90 Å². The summed E-state index contributed by atoms with van der Waals surface area (Å²) in [5.74, 6) is -1.62. The highest BCUT2D eigenvalue weighted by molar-refractivity contribution is 8.18. The third-order valence-corrected chi connectivity index (χ3v) is 6.24. The SMILES string of the molecule is COc1cc(/C=C2/SC(=O)N(CC(=O)Nc3ccc(F)cc3)C2=O)c([N+](=O)[O-])cc1OCc1ccccc1. The summed E-state index contributed by atoms with van der Waals surface area (Å²) in [4.78, 5) is 49.4. The van der Waals surface area contributed by atoms with Crippen molar-refractivity contribution in [2.24, 2.45) is 0 Å². The largest absolute Gasteiger partial charge is 0.493 e. The molecule has 0 bridgehead atoms. The van der Waals surface area contributed by atoms with Gasteiger partial charge in [0.1, 0.15) is 19.0 Å². The minimum atomic E-state index is -0.785. The second kappa shape index (κ2) is 11.6. The molecule has 3 aromatic rings. The molecule has 12 heteroatoms. The molecule has 1 saturated heterocycles. The molecule has 1 aliphatic rings. The van der Waals surface area contributed by atoms with Gasteiger partial charge in [-0.25, -0.2) is 4.39 Å². The van der Waals surface area contributed by atoms with Crippen molar-refractivity contribution in [3.8, 4) is 11.5 Å². The average Bonchev–Trinajstić information content (AvgIpc) is 3.16. The van der Waals surface area contributed by atoms with E-state index in [0.717, 1.165) is 22.6 Å².